The van der Waals surface area contributed by atoms with Gasteiger partial charge in [0, 0.05) is 0 Å². The maximum atomic E-state index is 11.9. The monoisotopic (exact) mass is 226 g/mol. The Morgan fingerprint density at radius 2 is 2.00 bits per heavy atom. The Morgan fingerprint density at radius 1 is 1.38 bits per heavy atom. The number of nitrogens with one attached hydrogen (secondary N) is 1. The Hall–Kier alpha value is -0.610. The van der Waals surface area contributed by atoms with Crippen molar-refractivity contribution in [2.24, 2.45) is 5.73 Å². The van der Waals surface area contributed by atoms with Crippen LogP contribution < -0.4 is 11.1 Å². The van der Waals surface area contributed by atoms with Crippen LogP contribution in [0.2, 0.25) is 0 Å². The minimum atomic E-state index is -0.569. The predicted octanol–water partition coefficient (Wildman–Crippen LogP) is 0.942. The predicted molar refractivity (Wildman–Crippen MR) is 62.0 cm³/mol. The van der Waals surface area contributed by atoms with Crippen molar-refractivity contribution in [1.82, 2.24) is 5.32 Å². The summed E-state index contributed by atoms with van der Waals surface area (Å²) in [5.41, 5.74) is 5.18. The van der Waals surface area contributed by atoms with Gasteiger partial charge in [0.15, 0.2) is 0 Å². The molecule has 3 N–H and O–H groups in total. The highest BCUT2D eigenvalue weighted by Gasteiger charge is 2.49. The Morgan fingerprint density at radius 3 is 2.38 bits per heavy atom. The molecule has 0 saturated heterocycles. The summed E-state index contributed by atoms with van der Waals surface area (Å²) in [6.45, 7) is 4.64. The second kappa shape index (κ2) is 4.00. The van der Waals surface area contributed by atoms with Crippen LogP contribution in [0.3, 0.4) is 0 Å². The van der Waals surface area contributed by atoms with Crippen LogP contribution in [0.1, 0.15) is 46.0 Å². The molecule has 0 aromatic carbocycles. The van der Waals surface area contributed by atoms with Crippen LogP contribution in [-0.2, 0) is 9.53 Å². The van der Waals surface area contributed by atoms with Gasteiger partial charge in [-0.3, -0.25) is 4.79 Å². The Labute approximate surface area is 96.9 Å². The third kappa shape index (κ3) is 2.38. The molecule has 16 heavy (non-hydrogen) atoms. The second-order valence-electron chi connectivity index (χ2n) is 5.60. The van der Waals surface area contributed by atoms with E-state index in [2.05, 4.69) is 5.32 Å². The summed E-state index contributed by atoms with van der Waals surface area (Å²) >= 11 is 0. The van der Waals surface area contributed by atoms with E-state index in [1.165, 1.54) is 6.42 Å². The van der Waals surface area contributed by atoms with Gasteiger partial charge < -0.3 is 15.8 Å². The van der Waals surface area contributed by atoms with Gasteiger partial charge in [0.2, 0.25) is 5.91 Å². The number of hydrogen-bond acceptors (Lipinski definition) is 3. The highest BCUT2D eigenvalue weighted by atomic mass is 16.5. The quantitative estimate of drug-likeness (QED) is 0.733. The lowest BCUT2D eigenvalue weighted by Crippen LogP contribution is -2.60. The lowest BCUT2D eigenvalue weighted by molar-refractivity contribution is -0.128. The summed E-state index contributed by atoms with van der Waals surface area (Å²) in [6.07, 6.45) is 5.05. The molecule has 1 amide bonds. The van der Waals surface area contributed by atoms with Gasteiger partial charge >= 0.3 is 0 Å². The summed E-state index contributed by atoms with van der Waals surface area (Å²) in [7, 11) is 0. The summed E-state index contributed by atoms with van der Waals surface area (Å²) in [5.74, 6) is 0.0135. The average molecular weight is 226 g/mol. The van der Waals surface area contributed by atoms with Gasteiger partial charge in [-0.2, -0.15) is 0 Å². The normalized spacial score (nSPS) is 25.0. The number of hydrogen-bond donors (Lipinski definition) is 2. The molecule has 2 aliphatic rings. The number of ether oxygens (including phenoxy) is 1. The molecule has 0 unspecified atom stereocenters. The molecule has 0 bridgehead atoms. The maximum Gasteiger partial charge on any atom is 0.240 e. The fraction of sp³-hybridized carbons (Fsp3) is 0.917. The number of carbonyl (C=O) groups is 1. The van der Waals surface area contributed by atoms with E-state index in [1.54, 1.807) is 0 Å². The fourth-order valence-electron chi connectivity index (χ4n) is 1.96. The molecule has 92 valence electrons. The largest absolute Gasteiger partial charge is 0.376 e. The van der Waals surface area contributed by atoms with Crippen LogP contribution in [0.4, 0.5) is 0 Å². The van der Waals surface area contributed by atoms with E-state index in [0.29, 0.717) is 6.61 Å². The van der Waals surface area contributed by atoms with Gasteiger partial charge in [-0.15, -0.1) is 0 Å². The molecule has 0 aromatic heterocycles. The third-order valence-corrected chi connectivity index (χ3v) is 3.62. The zero-order chi connectivity index (χ0) is 11.8. The molecular formula is C12H22N2O2. The van der Waals surface area contributed by atoms with Crippen molar-refractivity contribution in [2.45, 2.75) is 63.1 Å². The molecule has 0 atom stereocenters. The molecule has 2 aliphatic carbocycles. The van der Waals surface area contributed by atoms with Crippen LogP contribution in [-0.4, -0.2) is 29.7 Å². The SMILES string of the molecule is CC(C)OCC1(NC(=O)C2(N)CC2)CCC1. The van der Waals surface area contributed by atoms with Crippen molar-refractivity contribution in [1.29, 1.82) is 0 Å². The van der Waals surface area contributed by atoms with Crippen LogP contribution in [0.25, 0.3) is 0 Å². The van der Waals surface area contributed by atoms with Crippen molar-refractivity contribution >= 4 is 5.91 Å². The van der Waals surface area contributed by atoms with Crippen LogP contribution >= 0.6 is 0 Å². The standard InChI is InChI=1S/C12H22N2O2/c1-9(2)16-8-11(4-3-5-11)14-10(15)12(13)6-7-12/h9H,3-8,13H2,1-2H3,(H,14,15). The third-order valence-electron chi connectivity index (χ3n) is 3.62. The first-order valence-corrected chi connectivity index (χ1v) is 6.19. The van der Waals surface area contributed by atoms with E-state index in [-0.39, 0.29) is 17.6 Å². The van der Waals surface area contributed by atoms with Crippen molar-refractivity contribution in [3.63, 3.8) is 0 Å². The Kier molecular flexibility index (Phi) is 2.97. The molecule has 2 fully saturated rings. The molecule has 2 saturated carbocycles. The van der Waals surface area contributed by atoms with Gasteiger partial charge in [0.1, 0.15) is 0 Å². The summed E-state index contributed by atoms with van der Waals surface area (Å²) in [4.78, 5) is 11.9. The molecule has 0 spiro atoms. The minimum Gasteiger partial charge on any atom is -0.376 e. The van der Waals surface area contributed by atoms with Gasteiger partial charge in [0.25, 0.3) is 0 Å². The van der Waals surface area contributed by atoms with Crippen molar-refractivity contribution < 1.29 is 9.53 Å². The van der Waals surface area contributed by atoms with Crippen LogP contribution in [0.5, 0.6) is 0 Å². The Balaban J connectivity index is 1.86. The molecule has 0 radical (unpaired) electrons. The van der Waals surface area contributed by atoms with E-state index < -0.39 is 5.54 Å². The molecule has 4 heteroatoms. The molecule has 0 heterocycles. The summed E-state index contributed by atoms with van der Waals surface area (Å²) in [6, 6.07) is 0. The fourth-order valence-corrected chi connectivity index (χ4v) is 1.96. The lowest BCUT2D eigenvalue weighted by Gasteiger charge is -2.43. The average Bonchev–Trinajstić information content (AvgIpc) is 2.89. The molecule has 2 rings (SSSR count). The van der Waals surface area contributed by atoms with Crippen molar-refractivity contribution in [2.75, 3.05) is 6.61 Å². The van der Waals surface area contributed by atoms with Gasteiger partial charge in [-0.25, -0.2) is 0 Å². The Bertz CT molecular complexity index is 281. The highest BCUT2D eigenvalue weighted by Crippen LogP contribution is 2.37. The maximum absolute atomic E-state index is 11.9. The molecule has 0 aliphatic heterocycles. The van der Waals surface area contributed by atoms with Gasteiger partial charge in [-0.05, 0) is 46.0 Å². The van der Waals surface area contributed by atoms with E-state index in [1.807, 2.05) is 13.8 Å². The van der Waals surface area contributed by atoms with Crippen LogP contribution in [0, 0.1) is 0 Å². The first kappa shape index (κ1) is 11.9. The van der Waals surface area contributed by atoms with Crippen molar-refractivity contribution in [3.05, 3.63) is 0 Å². The van der Waals surface area contributed by atoms with Gasteiger partial charge in [0.05, 0.1) is 23.8 Å². The van der Waals surface area contributed by atoms with Gasteiger partial charge in [-0.1, -0.05) is 0 Å². The second-order valence-corrected chi connectivity index (χ2v) is 5.60. The number of carbonyl (C=O) groups excluding carboxylic acids is 1. The number of nitrogens with two attached hydrogens (primary N) is 1. The smallest absolute Gasteiger partial charge is 0.240 e. The van der Waals surface area contributed by atoms with Crippen molar-refractivity contribution in [3.8, 4) is 0 Å². The van der Waals surface area contributed by atoms with Crippen LogP contribution in [0.15, 0.2) is 0 Å². The molecule has 4 nitrogen and oxygen atoms in total. The zero-order valence-corrected chi connectivity index (χ0v) is 10.2. The number of rotatable bonds is 5. The topological polar surface area (TPSA) is 64.3 Å². The first-order valence-electron chi connectivity index (χ1n) is 6.19. The van der Waals surface area contributed by atoms with E-state index in [0.717, 1.165) is 25.7 Å². The van der Waals surface area contributed by atoms with E-state index in [4.69, 9.17) is 10.5 Å². The molecule has 0 aromatic rings. The minimum absolute atomic E-state index is 0.0135. The number of amides is 1. The van der Waals surface area contributed by atoms with E-state index in [9.17, 15) is 4.79 Å². The van der Waals surface area contributed by atoms with E-state index >= 15 is 0 Å². The lowest BCUT2D eigenvalue weighted by atomic mass is 9.77. The summed E-state index contributed by atoms with van der Waals surface area (Å²) in [5, 5.41) is 3.10. The zero-order valence-electron chi connectivity index (χ0n) is 10.2. The first-order chi connectivity index (χ1) is 7.46. The molecular weight excluding hydrogens is 204 g/mol. The summed E-state index contributed by atoms with van der Waals surface area (Å²) < 4.78 is 5.63. The highest BCUT2D eigenvalue weighted by molar-refractivity contribution is 5.89.